The van der Waals surface area contributed by atoms with Crippen LogP contribution in [0.15, 0.2) is 66.2 Å². The number of nitrogens with one attached hydrogen (secondary N) is 1. The van der Waals surface area contributed by atoms with E-state index >= 15 is 0 Å². The molecule has 38 heavy (non-hydrogen) atoms. The summed E-state index contributed by atoms with van der Waals surface area (Å²) in [4.78, 5) is 39.1. The Kier molecular flexibility index (Phi) is 8.94. The second kappa shape index (κ2) is 12.3. The Morgan fingerprint density at radius 2 is 1.66 bits per heavy atom. The highest BCUT2D eigenvalue weighted by atomic mass is 35.5. The van der Waals surface area contributed by atoms with Crippen molar-refractivity contribution in [2.24, 2.45) is 0 Å². The van der Waals surface area contributed by atoms with Crippen LogP contribution in [0.2, 0.25) is 15.1 Å². The largest absolute Gasteiger partial charge is 0.494 e. The molecule has 3 aromatic rings. The summed E-state index contributed by atoms with van der Waals surface area (Å²) in [7, 11) is 0. The number of hydrogen-bond acceptors (Lipinski definition) is 5. The molecule has 0 spiro atoms. The molecular formula is C28H23Cl3N2O5. The number of unbranched alkanes of at least 4 members (excludes halogenated alkanes) is 1. The fraction of sp³-hybridized carbons (Fsp3) is 0.179. The molecule has 4 rings (SSSR count). The van der Waals surface area contributed by atoms with Gasteiger partial charge in [-0.1, -0.05) is 60.3 Å². The highest BCUT2D eigenvalue weighted by Gasteiger charge is 2.36. The number of halogens is 3. The van der Waals surface area contributed by atoms with Gasteiger partial charge in [0.2, 0.25) is 0 Å². The van der Waals surface area contributed by atoms with Gasteiger partial charge in [-0.25, -0.2) is 9.69 Å². The number of ether oxygens (including phenoxy) is 2. The lowest BCUT2D eigenvalue weighted by Gasteiger charge is -2.26. The van der Waals surface area contributed by atoms with E-state index in [-0.39, 0.29) is 17.2 Å². The summed E-state index contributed by atoms with van der Waals surface area (Å²) in [5, 5.41) is 3.46. The molecule has 0 saturated carbocycles. The number of carbonyl (C=O) groups excluding carboxylic acids is 3. The summed E-state index contributed by atoms with van der Waals surface area (Å²) < 4.78 is 11.4. The first-order valence-corrected chi connectivity index (χ1v) is 12.9. The number of anilines is 1. The van der Waals surface area contributed by atoms with E-state index < -0.39 is 17.8 Å². The minimum Gasteiger partial charge on any atom is -0.494 e. The van der Waals surface area contributed by atoms with E-state index in [0.29, 0.717) is 39.4 Å². The lowest BCUT2D eigenvalue weighted by molar-refractivity contribution is -0.122. The van der Waals surface area contributed by atoms with Crippen molar-refractivity contribution in [2.75, 3.05) is 11.5 Å². The van der Waals surface area contributed by atoms with Crippen LogP contribution in [0.3, 0.4) is 0 Å². The number of benzene rings is 3. The maximum atomic E-state index is 13.2. The van der Waals surface area contributed by atoms with Crippen LogP contribution in [0.5, 0.6) is 11.5 Å². The fourth-order valence-electron chi connectivity index (χ4n) is 3.60. The molecule has 0 aliphatic carbocycles. The molecule has 1 N–H and O–H groups in total. The molecule has 3 aromatic carbocycles. The highest BCUT2D eigenvalue weighted by molar-refractivity contribution is 6.39. The smallest absolute Gasteiger partial charge is 0.335 e. The average Bonchev–Trinajstić information content (AvgIpc) is 2.88. The van der Waals surface area contributed by atoms with Crippen molar-refractivity contribution in [2.45, 2.75) is 26.4 Å². The van der Waals surface area contributed by atoms with E-state index in [0.717, 1.165) is 23.3 Å². The topological polar surface area (TPSA) is 84.9 Å². The summed E-state index contributed by atoms with van der Waals surface area (Å²) in [6.07, 6.45) is 3.28. The van der Waals surface area contributed by atoms with Gasteiger partial charge in [0.05, 0.1) is 17.3 Å². The number of amides is 4. The van der Waals surface area contributed by atoms with Crippen LogP contribution in [0, 0.1) is 0 Å². The van der Waals surface area contributed by atoms with Gasteiger partial charge in [0.25, 0.3) is 11.8 Å². The normalized spacial score (nSPS) is 14.6. The summed E-state index contributed by atoms with van der Waals surface area (Å²) in [5.74, 6) is -0.552. The highest BCUT2D eigenvalue weighted by Crippen LogP contribution is 2.30. The number of imide groups is 2. The first-order chi connectivity index (χ1) is 18.3. The lowest BCUT2D eigenvalue weighted by Crippen LogP contribution is -2.54. The van der Waals surface area contributed by atoms with Crippen LogP contribution in [0.1, 0.15) is 30.9 Å². The van der Waals surface area contributed by atoms with Gasteiger partial charge in [0.15, 0.2) is 0 Å². The SMILES string of the molecule is CCCCOc1ccc(N2C(=O)NC(=O)/C(=C/c3ccc(OCc4ccc(Cl)cc4Cl)c(Cl)c3)C2=O)cc1. The van der Waals surface area contributed by atoms with Crippen molar-refractivity contribution >= 4 is 64.4 Å². The van der Waals surface area contributed by atoms with Gasteiger partial charge in [-0.15, -0.1) is 0 Å². The number of hydrogen-bond donors (Lipinski definition) is 1. The second-order valence-corrected chi connectivity index (χ2v) is 9.62. The van der Waals surface area contributed by atoms with Crippen LogP contribution in [-0.4, -0.2) is 24.5 Å². The van der Waals surface area contributed by atoms with E-state index in [4.69, 9.17) is 44.3 Å². The molecule has 4 amide bonds. The molecule has 1 heterocycles. The summed E-state index contributed by atoms with van der Waals surface area (Å²) in [5.41, 5.74) is 1.29. The zero-order valence-corrected chi connectivity index (χ0v) is 22.6. The number of barbiturate groups is 1. The molecule has 0 unspecified atom stereocenters. The van der Waals surface area contributed by atoms with Gasteiger partial charge in [-0.2, -0.15) is 0 Å². The van der Waals surface area contributed by atoms with Crippen molar-refractivity contribution in [3.63, 3.8) is 0 Å². The first-order valence-electron chi connectivity index (χ1n) is 11.8. The number of rotatable bonds is 9. The summed E-state index contributed by atoms with van der Waals surface area (Å²) in [6.45, 7) is 2.80. The molecule has 1 saturated heterocycles. The third-order valence-corrected chi connectivity index (χ3v) is 6.51. The Labute approximate surface area is 234 Å². The zero-order valence-electron chi connectivity index (χ0n) is 20.3. The standard InChI is InChI=1S/C28H23Cl3N2O5/c1-2-3-12-37-21-9-7-20(8-10-21)33-27(35)22(26(34)32-28(33)36)13-17-4-11-25(24(31)14-17)38-16-18-5-6-19(29)15-23(18)30/h4-11,13-15H,2-3,12,16H2,1H3,(H,32,34,36)/b22-13-. The Bertz CT molecular complexity index is 1410. The average molecular weight is 574 g/mol. The minimum atomic E-state index is -0.834. The van der Waals surface area contributed by atoms with Crippen molar-refractivity contribution in [1.82, 2.24) is 5.32 Å². The van der Waals surface area contributed by atoms with Gasteiger partial charge in [0.1, 0.15) is 23.7 Å². The minimum absolute atomic E-state index is 0.163. The van der Waals surface area contributed by atoms with Crippen LogP contribution < -0.4 is 19.7 Å². The van der Waals surface area contributed by atoms with Crippen LogP contribution in [-0.2, 0) is 16.2 Å². The molecule has 10 heteroatoms. The van der Waals surface area contributed by atoms with E-state index in [9.17, 15) is 14.4 Å². The molecule has 0 aromatic heterocycles. The van der Waals surface area contributed by atoms with Crippen molar-refractivity contribution in [1.29, 1.82) is 0 Å². The summed E-state index contributed by atoms with van der Waals surface area (Å²) in [6, 6.07) is 15.6. The van der Waals surface area contributed by atoms with Gasteiger partial charge in [0, 0.05) is 15.6 Å². The van der Waals surface area contributed by atoms with Crippen molar-refractivity contribution in [3.8, 4) is 11.5 Å². The Hall–Kier alpha value is -3.52. The molecule has 1 aliphatic rings. The summed E-state index contributed by atoms with van der Waals surface area (Å²) >= 11 is 18.5. The molecule has 7 nitrogen and oxygen atoms in total. The third-order valence-electron chi connectivity index (χ3n) is 5.63. The lowest BCUT2D eigenvalue weighted by atomic mass is 10.1. The van der Waals surface area contributed by atoms with Crippen LogP contribution >= 0.6 is 34.8 Å². The molecule has 1 aliphatic heterocycles. The second-order valence-electron chi connectivity index (χ2n) is 8.37. The maximum Gasteiger partial charge on any atom is 0.335 e. The molecule has 0 atom stereocenters. The van der Waals surface area contributed by atoms with Crippen LogP contribution in [0.25, 0.3) is 6.08 Å². The van der Waals surface area contributed by atoms with Gasteiger partial charge >= 0.3 is 6.03 Å². The molecule has 0 radical (unpaired) electrons. The molecule has 196 valence electrons. The van der Waals surface area contributed by atoms with E-state index in [1.807, 2.05) is 0 Å². The van der Waals surface area contributed by atoms with Gasteiger partial charge in [-0.3, -0.25) is 14.9 Å². The van der Waals surface area contributed by atoms with Gasteiger partial charge < -0.3 is 9.47 Å². The van der Waals surface area contributed by atoms with E-state index in [1.54, 1.807) is 60.7 Å². The van der Waals surface area contributed by atoms with Crippen molar-refractivity contribution in [3.05, 3.63) is 92.4 Å². The first kappa shape index (κ1) is 27.5. The monoisotopic (exact) mass is 572 g/mol. The Morgan fingerprint density at radius 1 is 0.895 bits per heavy atom. The predicted molar refractivity (Wildman–Crippen MR) is 148 cm³/mol. The molecule has 0 bridgehead atoms. The third kappa shape index (κ3) is 6.48. The zero-order chi connectivity index (χ0) is 27.2. The van der Waals surface area contributed by atoms with E-state index in [2.05, 4.69) is 12.2 Å². The molecular weight excluding hydrogens is 551 g/mol. The number of carbonyl (C=O) groups is 3. The van der Waals surface area contributed by atoms with Crippen molar-refractivity contribution < 1.29 is 23.9 Å². The van der Waals surface area contributed by atoms with Crippen LogP contribution in [0.4, 0.5) is 10.5 Å². The quantitative estimate of drug-likeness (QED) is 0.168. The van der Waals surface area contributed by atoms with Gasteiger partial charge in [-0.05, 0) is 66.6 Å². The maximum absolute atomic E-state index is 13.2. The van der Waals surface area contributed by atoms with E-state index in [1.165, 1.54) is 6.08 Å². The predicted octanol–water partition coefficient (Wildman–Crippen LogP) is 7.07. The fourth-order valence-corrected chi connectivity index (χ4v) is 4.31. The number of nitrogens with zero attached hydrogens (tertiary/aromatic N) is 1. The Balaban J connectivity index is 1.50. The number of urea groups is 1. The molecule has 1 fully saturated rings. The Morgan fingerprint density at radius 3 is 2.34 bits per heavy atom.